The molecule has 0 fully saturated rings. The number of aliphatic hydroxyl groups excluding tert-OH is 1. The predicted molar refractivity (Wildman–Crippen MR) is 123 cm³/mol. The molecule has 0 aromatic rings. The molecule has 0 spiro atoms. The minimum Gasteiger partial charge on any atom is -0.748 e. The van der Waals surface area contributed by atoms with Crippen molar-refractivity contribution in [2.75, 3.05) is 0 Å². The molecule has 2 unspecified atom stereocenters. The van der Waals surface area contributed by atoms with Crippen molar-refractivity contribution < 1.29 is 47.6 Å². The molecule has 0 bridgehead atoms. The SMILES string of the molecule is CCCCC(O)CCCCCCCCCCCCCCCCC(CC)S(=O)(=O)[O-].[Na+]. The van der Waals surface area contributed by atoms with Gasteiger partial charge in [-0.15, -0.1) is 0 Å². The standard InChI is InChI=1S/C24H50O4S.Na/c1-3-5-20-23(25)21-18-16-14-12-10-8-6-7-9-11-13-15-17-19-22-24(4-2)29(26,27)28;/h23-25H,3-22H2,1-2H3,(H,26,27,28);/q;+1/p-1. The molecule has 0 saturated carbocycles. The molecule has 30 heavy (non-hydrogen) atoms. The van der Waals surface area contributed by atoms with Gasteiger partial charge in [0, 0.05) is 5.25 Å². The minimum atomic E-state index is -4.10. The summed E-state index contributed by atoms with van der Waals surface area (Å²) in [5.41, 5.74) is 0. The van der Waals surface area contributed by atoms with Crippen molar-refractivity contribution in [3.8, 4) is 0 Å². The zero-order chi connectivity index (χ0) is 21.8. The second kappa shape index (κ2) is 23.0. The van der Waals surface area contributed by atoms with Crippen molar-refractivity contribution in [1.82, 2.24) is 0 Å². The predicted octanol–water partition coefficient (Wildman–Crippen LogP) is 4.11. The number of hydrogen-bond acceptors (Lipinski definition) is 4. The molecule has 0 aromatic heterocycles. The van der Waals surface area contributed by atoms with Crippen molar-refractivity contribution in [1.29, 1.82) is 0 Å². The number of hydrogen-bond donors (Lipinski definition) is 1. The van der Waals surface area contributed by atoms with Crippen LogP contribution in [-0.4, -0.2) is 29.4 Å². The van der Waals surface area contributed by atoms with Crippen LogP contribution in [0.2, 0.25) is 0 Å². The first-order chi connectivity index (χ1) is 13.9. The maximum Gasteiger partial charge on any atom is 1.00 e. The molecular formula is C24H49NaO4S. The molecule has 0 saturated heterocycles. The third-order valence-electron chi connectivity index (χ3n) is 6.07. The van der Waals surface area contributed by atoms with Gasteiger partial charge in [-0.3, -0.25) is 0 Å². The van der Waals surface area contributed by atoms with Crippen LogP contribution in [0, 0.1) is 0 Å². The Morgan fingerprint density at radius 2 is 0.967 bits per heavy atom. The van der Waals surface area contributed by atoms with Gasteiger partial charge in [-0.05, 0) is 25.7 Å². The second-order valence-electron chi connectivity index (χ2n) is 8.85. The molecule has 0 amide bonds. The summed E-state index contributed by atoms with van der Waals surface area (Å²) in [5.74, 6) is 0. The van der Waals surface area contributed by atoms with E-state index in [0.717, 1.165) is 38.5 Å². The smallest absolute Gasteiger partial charge is 0.748 e. The Morgan fingerprint density at radius 1 is 0.633 bits per heavy atom. The normalized spacial score (nSPS) is 13.7. The Balaban J connectivity index is 0. The summed E-state index contributed by atoms with van der Waals surface area (Å²) < 4.78 is 33.1. The average molecular weight is 457 g/mol. The van der Waals surface area contributed by atoms with Gasteiger partial charge < -0.3 is 9.66 Å². The fraction of sp³-hybridized carbons (Fsp3) is 1.00. The van der Waals surface area contributed by atoms with Gasteiger partial charge in [-0.25, -0.2) is 8.42 Å². The zero-order valence-corrected chi connectivity index (χ0v) is 23.2. The van der Waals surface area contributed by atoms with E-state index in [1.165, 1.54) is 77.0 Å². The summed E-state index contributed by atoms with van der Waals surface area (Å²) in [6, 6.07) is 0. The Morgan fingerprint density at radius 3 is 1.30 bits per heavy atom. The maximum absolute atomic E-state index is 11.0. The third kappa shape index (κ3) is 22.1. The Kier molecular flexibility index (Phi) is 25.4. The van der Waals surface area contributed by atoms with Gasteiger partial charge in [-0.2, -0.15) is 0 Å². The van der Waals surface area contributed by atoms with Crippen LogP contribution >= 0.6 is 0 Å². The molecule has 0 aromatic carbocycles. The van der Waals surface area contributed by atoms with Gasteiger partial charge in [0.25, 0.3) is 0 Å². The molecule has 0 heterocycles. The van der Waals surface area contributed by atoms with Crippen molar-refractivity contribution in [2.45, 2.75) is 154 Å². The zero-order valence-electron chi connectivity index (χ0n) is 20.4. The van der Waals surface area contributed by atoms with Crippen molar-refractivity contribution in [3.05, 3.63) is 0 Å². The average Bonchev–Trinajstić information content (AvgIpc) is 2.67. The van der Waals surface area contributed by atoms with Crippen LogP contribution in [0.4, 0.5) is 0 Å². The Hall–Kier alpha value is 0.870. The topological polar surface area (TPSA) is 77.4 Å². The van der Waals surface area contributed by atoms with E-state index in [9.17, 15) is 18.1 Å². The summed E-state index contributed by atoms with van der Waals surface area (Å²) >= 11 is 0. The van der Waals surface area contributed by atoms with Crippen LogP contribution in [-0.2, 0) is 10.1 Å². The fourth-order valence-electron chi connectivity index (χ4n) is 4.01. The first kappa shape index (κ1) is 33.0. The molecule has 0 aliphatic heterocycles. The molecule has 176 valence electrons. The summed E-state index contributed by atoms with van der Waals surface area (Å²) in [4.78, 5) is 0. The van der Waals surface area contributed by atoms with Crippen molar-refractivity contribution in [3.63, 3.8) is 0 Å². The van der Waals surface area contributed by atoms with Crippen LogP contribution in [0.15, 0.2) is 0 Å². The molecule has 0 aliphatic carbocycles. The van der Waals surface area contributed by atoms with Gasteiger partial charge in [0.15, 0.2) is 0 Å². The van der Waals surface area contributed by atoms with E-state index in [1.54, 1.807) is 6.92 Å². The second-order valence-corrected chi connectivity index (χ2v) is 10.5. The van der Waals surface area contributed by atoms with E-state index in [-0.39, 0.29) is 35.7 Å². The van der Waals surface area contributed by atoms with E-state index < -0.39 is 15.4 Å². The van der Waals surface area contributed by atoms with Gasteiger partial charge in [0.2, 0.25) is 0 Å². The largest absolute Gasteiger partial charge is 1.00 e. The molecule has 0 aliphatic rings. The summed E-state index contributed by atoms with van der Waals surface area (Å²) in [5, 5.41) is 9.13. The van der Waals surface area contributed by atoms with Crippen LogP contribution in [0.25, 0.3) is 0 Å². The van der Waals surface area contributed by atoms with Gasteiger partial charge in [-0.1, -0.05) is 117 Å². The van der Waals surface area contributed by atoms with Crippen LogP contribution < -0.4 is 29.6 Å². The van der Waals surface area contributed by atoms with E-state index in [0.29, 0.717) is 12.8 Å². The van der Waals surface area contributed by atoms with Crippen LogP contribution in [0.1, 0.15) is 142 Å². The molecule has 4 nitrogen and oxygen atoms in total. The number of unbranched alkanes of at least 4 members (excludes halogenated alkanes) is 14. The fourth-order valence-corrected chi connectivity index (χ4v) is 4.87. The number of rotatable bonds is 22. The maximum atomic E-state index is 11.0. The Bertz CT molecular complexity index is 442. The van der Waals surface area contributed by atoms with E-state index in [1.807, 2.05) is 0 Å². The first-order valence-electron chi connectivity index (χ1n) is 12.5. The monoisotopic (exact) mass is 456 g/mol. The number of aliphatic hydroxyl groups is 1. The molecule has 2 atom stereocenters. The summed E-state index contributed by atoms with van der Waals surface area (Å²) in [7, 11) is -4.10. The van der Waals surface area contributed by atoms with Gasteiger partial charge in [0.05, 0.1) is 16.2 Å². The van der Waals surface area contributed by atoms with Crippen LogP contribution in [0.3, 0.4) is 0 Å². The molecular weight excluding hydrogens is 407 g/mol. The summed E-state index contributed by atoms with van der Waals surface area (Å²) in [6.45, 7) is 3.95. The molecule has 1 N–H and O–H groups in total. The van der Waals surface area contributed by atoms with Gasteiger partial charge in [0.1, 0.15) is 0 Å². The third-order valence-corrected chi connectivity index (χ3v) is 7.45. The summed E-state index contributed by atoms with van der Waals surface area (Å²) in [6.07, 6.45) is 22.5. The molecule has 6 heteroatoms. The van der Waals surface area contributed by atoms with Gasteiger partial charge >= 0.3 is 29.6 Å². The van der Waals surface area contributed by atoms with E-state index >= 15 is 0 Å². The van der Waals surface area contributed by atoms with Crippen LogP contribution in [0.5, 0.6) is 0 Å². The first-order valence-corrected chi connectivity index (χ1v) is 14.0. The van der Waals surface area contributed by atoms with E-state index in [4.69, 9.17) is 0 Å². The van der Waals surface area contributed by atoms with Crippen molar-refractivity contribution in [2.24, 2.45) is 0 Å². The quantitative estimate of drug-likeness (QED) is 0.151. The molecule has 0 radical (unpaired) electrons. The Labute approximate surface area is 210 Å². The van der Waals surface area contributed by atoms with Crippen molar-refractivity contribution >= 4 is 10.1 Å². The molecule has 0 rings (SSSR count). The van der Waals surface area contributed by atoms with E-state index in [2.05, 4.69) is 6.92 Å². The minimum absolute atomic E-state index is 0.